The van der Waals surface area contributed by atoms with Crippen LogP contribution in [-0.2, 0) is 35.2 Å². The maximum absolute atomic E-state index is 12.4. The Balaban J connectivity index is 1.37. The number of ether oxygens (including phenoxy) is 2. The summed E-state index contributed by atoms with van der Waals surface area (Å²) in [6, 6.07) is 6.52. The first-order valence-electron chi connectivity index (χ1n) is 10.0. The number of esters is 2. The molecule has 3 amide bonds. The number of hydrogen-bond acceptors (Lipinski definition) is 7. The number of likely N-dealkylation sites (tertiary alicyclic amines) is 1. The highest BCUT2D eigenvalue weighted by atomic mass is 16.5. The van der Waals surface area contributed by atoms with E-state index in [9.17, 15) is 24.0 Å². The zero-order valence-corrected chi connectivity index (χ0v) is 17.2. The predicted octanol–water partition coefficient (Wildman–Crippen LogP) is 0.974. The van der Waals surface area contributed by atoms with Gasteiger partial charge in [0.2, 0.25) is 11.8 Å². The Morgan fingerprint density at radius 1 is 1.03 bits per heavy atom. The van der Waals surface area contributed by atoms with E-state index < -0.39 is 24.5 Å². The second-order valence-electron chi connectivity index (χ2n) is 7.36. The summed E-state index contributed by atoms with van der Waals surface area (Å²) >= 11 is 0. The third kappa shape index (κ3) is 5.36. The highest BCUT2D eigenvalue weighted by Gasteiger charge is 2.46. The van der Waals surface area contributed by atoms with Crippen LogP contribution in [0, 0.1) is 11.8 Å². The summed E-state index contributed by atoms with van der Waals surface area (Å²) in [6.07, 6.45) is 4.72. The first-order chi connectivity index (χ1) is 14.9. The van der Waals surface area contributed by atoms with Gasteiger partial charge in [-0.2, -0.15) is 0 Å². The highest BCUT2D eigenvalue weighted by molar-refractivity contribution is 6.05. The molecular formula is C22H24N2O7. The van der Waals surface area contributed by atoms with E-state index in [0.29, 0.717) is 18.4 Å². The van der Waals surface area contributed by atoms with Crippen molar-refractivity contribution in [3.63, 3.8) is 0 Å². The van der Waals surface area contributed by atoms with Crippen molar-refractivity contribution in [2.75, 3.05) is 20.3 Å². The Labute approximate surface area is 179 Å². The molecule has 1 N–H and O–H groups in total. The zero-order valence-electron chi connectivity index (χ0n) is 17.2. The van der Waals surface area contributed by atoms with Crippen LogP contribution >= 0.6 is 0 Å². The van der Waals surface area contributed by atoms with Crippen molar-refractivity contribution in [3.8, 4) is 0 Å². The third-order valence-corrected chi connectivity index (χ3v) is 5.37. The number of benzene rings is 1. The van der Waals surface area contributed by atoms with Crippen LogP contribution in [0.3, 0.4) is 0 Å². The Morgan fingerprint density at radius 3 is 2.23 bits per heavy atom. The molecule has 3 rings (SSSR count). The van der Waals surface area contributed by atoms with Crippen molar-refractivity contribution in [2.24, 2.45) is 11.8 Å². The van der Waals surface area contributed by atoms with E-state index in [0.717, 1.165) is 10.5 Å². The van der Waals surface area contributed by atoms with Crippen molar-refractivity contribution < 1.29 is 33.4 Å². The lowest BCUT2D eigenvalue weighted by Gasteiger charge is -2.14. The molecule has 9 heteroatoms. The molecule has 1 aliphatic heterocycles. The molecule has 2 aliphatic rings. The van der Waals surface area contributed by atoms with Crippen LogP contribution in [0.25, 0.3) is 0 Å². The van der Waals surface area contributed by atoms with Gasteiger partial charge in [0.05, 0.1) is 30.9 Å². The topological polar surface area (TPSA) is 119 Å². The molecule has 31 heavy (non-hydrogen) atoms. The lowest BCUT2D eigenvalue weighted by Crippen LogP contribution is -2.34. The fraction of sp³-hybridized carbons (Fsp3) is 0.409. The van der Waals surface area contributed by atoms with Crippen LogP contribution in [0.1, 0.15) is 35.2 Å². The van der Waals surface area contributed by atoms with E-state index in [2.05, 4.69) is 10.1 Å². The van der Waals surface area contributed by atoms with Crippen molar-refractivity contribution in [1.82, 2.24) is 10.2 Å². The smallest absolute Gasteiger partial charge is 0.337 e. The number of nitrogens with zero attached hydrogens (tertiary/aromatic N) is 1. The number of imide groups is 1. The van der Waals surface area contributed by atoms with Gasteiger partial charge in [-0.05, 0) is 30.5 Å². The number of allylic oxidation sites excluding steroid dienone is 2. The summed E-state index contributed by atoms with van der Waals surface area (Å²) in [5.74, 6) is -2.76. The Bertz CT molecular complexity index is 881. The monoisotopic (exact) mass is 428 g/mol. The summed E-state index contributed by atoms with van der Waals surface area (Å²) in [4.78, 5) is 61.0. The molecule has 1 aromatic rings. The second kappa shape index (κ2) is 10.0. The van der Waals surface area contributed by atoms with Crippen LogP contribution in [0.2, 0.25) is 0 Å². The summed E-state index contributed by atoms with van der Waals surface area (Å²) in [7, 11) is 1.29. The van der Waals surface area contributed by atoms with Gasteiger partial charge in [0.25, 0.3) is 5.91 Å². The molecule has 0 saturated carbocycles. The van der Waals surface area contributed by atoms with Crippen LogP contribution < -0.4 is 5.32 Å². The maximum Gasteiger partial charge on any atom is 0.337 e. The van der Waals surface area contributed by atoms with Crippen LogP contribution in [-0.4, -0.2) is 54.8 Å². The molecule has 0 bridgehead atoms. The Hall–Kier alpha value is -3.49. The van der Waals surface area contributed by atoms with Crippen LogP contribution in [0.15, 0.2) is 36.4 Å². The summed E-state index contributed by atoms with van der Waals surface area (Å²) in [5, 5.41) is 2.60. The van der Waals surface area contributed by atoms with Gasteiger partial charge in [-0.15, -0.1) is 0 Å². The number of rotatable bonds is 8. The SMILES string of the molecule is COC(=O)c1ccc(CNC(=O)COC(=O)CCN2C(=O)[C@H]3CC=CC[C@H]3C2=O)cc1. The molecule has 9 nitrogen and oxygen atoms in total. The molecule has 1 saturated heterocycles. The molecule has 1 heterocycles. The predicted molar refractivity (Wildman–Crippen MR) is 107 cm³/mol. The molecule has 164 valence electrons. The van der Waals surface area contributed by atoms with Crippen molar-refractivity contribution in [3.05, 3.63) is 47.5 Å². The molecule has 0 aromatic heterocycles. The summed E-state index contributed by atoms with van der Waals surface area (Å²) < 4.78 is 9.55. The fourth-order valence-corrected chi connectivity index (χ4v) is 3.64. The van der Waals surface area contributed by atoms with Gasteiger partial charge in [0, 0.05) is 13.1 Å². The number of amides is 3. The summed E-state index contributed by atoms with van der Waals surface area (Å²) in [6.45, 7) is -0.306. The normalized spacial score (nSPS) is 19.7. The van der Waals surface area contributed by atoms with E-state index in [1.165, 1.54) is 7.11 Å². The van der Waals surface area contributed by atoms with Gasteiger partial charge in [0.1, 0.15) is 0 Å². The number of carbonyl (C=O) groups excluding carboxylic acids is 5. The largest absolute Gasteiger partial charge is 0.465 e. The van der Waals surface area contributed by atoms with Gasteiger partial charge in [-0.3, -0.25) is 24.1 Å². The van der Waals surface area contributed by atoms with Crippen molar-refractivity contribution in [2.45, 2.75) is 25.8 Å². The molecule has 1 fully saturated rings. The number of methoxy groups -OCH3 is 1. The molecule has 0 spiro atoms. The molecule has 0 unspecified atom stereocenters. The minimum absolute atomic E-state index is 0.0440. The van der Waals surface area contributed by atoms with Crippen molar-refractivity contribution in [1.29, 1.82) is 0 Å². The van der Waals surface area contributed by atoms with Gasteiger partial charge >= 0.3 is 11.9 Å². The molecule has 0 radical (unpaired) electrons. The number of hydrogen-bond donors (Lipinski definition) is 1. The first kappa shape index (κ1) is 22.2. The third-order valence-electron chi connectivity index (χ3n) is 5.37. The van der Waals surface area contributed by atoms with E-state index >= 15 is 0 Å². The van der Waals surface area contributed by atoms with Gasteiger partial charge < -0.3 is 14.8 Å². The van der Waals surface area contributed by atoms with E-state index in [1.807, 2.05) is 12.2 Å². The molecular weight excluding hydrogens is 404 g/mol. The van der Waals surface area contributed by atoms with E-state index in [1.54, 1.807) is 24.3 Å². The number of carbonyl (C=O) groups is 5. The van der Waals surface area contributed by atoms with Crippen molar-refractivity contribution >= 4 is 29.7 Å². The molecule has 1 aromatic carbocycles. The van der Waals surface area contributed by atoms with Crippen LogP contribution in [0.4, 0.5) is 0 Å². The average Bonchev–Trinajstić information content (AvgIpc) is 3.04. The highest BCUT2D eigenvalue weighted by Crippen LogP contribution is 2.34. The van der Waals surface area contributed by atoms with Gasteiger partial charge in [0.15, 0.2) is 6.61 Å². The standard InChI is InChI=1S/C22H24N2O7/c1-30-22(29)15-8-6-14(7-9-15)12-23-18(25)13-31-19(26)10-11-24-20(27)16-4-2-3-5-17(16)21(24)28/h2-3,6-9,16-17H,4-5,10-13H2,1H3,(H,23,25)/t16-,17+. The first-order valence-corrected chi connectivity index (χ1v) is 10.0. The van der Waals surface area contributed by atoms with E-state index in [4.69, 9.17) is 4.74 Å². The Kier molecular flexibility index (Phi) is 7.17. The maximum atomic E-state index is 12.4. The summed E-state index contributed by atoms with van der Waals surface area (Å²) in [5.41, 5.74) is 1.16. The number of fused-ring (bicyclic) bond motifs is 1. The number of nitrogens with one attached hydrogen (secondary N) is 1. The lowest BCUT2D eigenvalue weighted by molar-refractivity contribution is -0.150. The second-order valence-corrected chi connectivity index (χ2v) is 7.36. The van der Waals surface area contributed by atoms with Gasteiger partial charge in [-0.1, -0.05) is 24.3 Å². The molecule has 2 atom stereocenters. The minimum Gasteiger partial charge on any atom is -0.465 e. The minimum atomic E-state index is -0.661. The molecule has 1 aliphatic carbocycles. The average molecular weight is 428 g/mol. The zero-order chi connectivity index (χ0) is 22.4. The Morgan fingerprint density at radius 2 is 1.65 bits per heavy atom. The van der Waals surface area contributed by atoms with E-state index in [-0.39, 0.29) is 43.2 Å². The fourth-order valence-electron chi connectivity index (χ4n) is 3.64. The van der Waals surface area contributed by atoms with Crippen LogP contribution in [0.5, 0.6) is 0 Å². The lowest BCUT2D eigenvalue weighted by atomic mass is 9.85. The van der Waals surface area contributed by atoms with Gasteiger partial charge in [-0.25, -0.2) is 4.79 Å². The quantitative estimate of drug-likeness (QED) is 0.372.